The van der Waals surface area contributed by atoms with Gasteiger partial charge in [0.2, 0.25) is 0 Å². The Hall–Kier alpha value is -2.26. The Morgan fingerprint density at radius 2 is 1.54 bits per heavy atom. The fourth-order valence-corrected chi connectivity index (χ4v) is 2.93. The molecule has 2 rings (SSSR count). The molecule has 1 fully saturated rings. The Kier molecular flexibility index (Phi) is 5.52. The number of carboxylic acids is 1. The van der Waals surface area contributed by atoms with Gasteiger partial charge in [0.05, 0.1) is 17.5 Å². The van der Waals surface area contributed by atoms with E-state index in [0.717, 1.165) is 4.90 Å². The van der Waals surface area contributed by atoms with Gasteiger partial charge in [-0.3, -0.25) is 9.59 Å². The summed E-state index contributed by atoms with van der Waals surface area (Å²) in [5.74, 6) is -2.23. The number of likely N-dealkylation sites (tertiary alicyclic amines) is 1. The summed E-state index contributed by atoms with van der Waals surface area (Å²) in [4.78, 5) is 24.5. The van der Waals surface area contributed by atoms with Crippen molar-refractivity contribution in [2.45, 2.75) is 44.1 Å². The lowest BCUT2D eigenvalue weighted by atomic mass is 9.97. The monoisotopic (exact) mass is 383 g/mol. The molecule has 1 unspecified atom stereocenters. The van der Waals surface area contributed by atoms with Crippen molar-refractivity contribution in [3.8, 4) is 0 Å². The molecule has 1 saturated heterocycles. The minimum atomic E-state index is -5.06. The van der Waals surface area contributed by atoms with E-state index in [1.807, 2.05) is 0 Å². The lowest BCUT2D eigenvalue weighted by molar-refractivity contribution is -0.143. The van der Waals surface area contributed by atoms with E-state index in [1.54, 1.807) is 0 Å². The van der Waals surface area contributed by atoms with Gasteiger partial charge in [-0.25, -0.2) is 0 Å². The normalized spacial score (nSPS) is 18.7. The summed E-state index contributed by atoms with van der Waals surface area (Å²) in [5, 5.41) is 8.90. The summed E-state index contributed by atoms with van der Waals surface area (Å²) < 4.78 is 77.5. The number of amides is 1. The van der Waals surface area contributed by atoms with Gasteiger partial charge in [-0.1, -0.05) is 0 Å². The molecule has 0 aliphatic carbocycles. The highest BCUT2D eigenvalue weighted by Crippen LogP contribution is 2.37. The summed E-state index contributed by atoms with van der Waals surface area (Å²) in [5.41, 5.74) is -3.92. The third kappa shape index (κ3) is 4.67. The zero-order chi connectivity index (χ0) is 19.7. The molecule has 1 aliphatic heterocycles. The molecule has 0 radical (unpaired) electrons. The Balaban J connectivity index is 2.45. The standard InChI is InChI=1S/C16H15F6NO3/c17-15(18,19)10-5-9(6-11(7-10)16(20,21)22)14(26)23-4-2-1-3-12(23)8-13(24)25/h5-7,12H,1-4,8H2,(H,24,25). The van der Waals surface area contributed by atoms with Crippen LogP contribution < -0.4 is 0 Å². The number of carbonyl (C=O) groups excluding carboxylic acids is 1. The first kappa shape index (κ1) is 20.1. The Labute approximate surface area is 144 Å². The van der Waals surface area contributed by atoms with Crippen molar-refractivity contribution in [2.24, 2.45) is 0 Å². The van der Waals surface area contributed by atoms with Gasteiger partial charge in [0.15, 0.2) is 0 Å². The first-order chi connectivity index (χ1) is 11.9. The van der Waals surface area contributed by atoms with Gasteiger partial charge in [0.1, 0.15) is 0 Å². The fourth-order valence-electron chi connectivity index (χ4n) is 2.93. The van der Waals surface area contributed by atoms with Gasteiger partial charge >= 0.3 is 18.3 Å². The van der Waals surface area contributed by atoms with Gasteiger partial charge in [-0.05, 0) is 37.5 Å². The Bertz CT molecular complexity index is 666. The predicted molar refractivity (Wildman–Crippen MR) is 77.4 cm³/mol. The van der Waals surface area contributed by atoms with Crippen LogP contribution in [0.1, 0.15) is 47.2 Å². The quantitative estimate of drug-likeness (QED) is 0.797. The average molecular weight is 383 g/mol. The number of benzene rings is 1. The second-order valence-electron chi connectivity index (χ2n) is 6.04. The molecule has 144 valence electrons. The Morgan fingerprint density at radius 3 is 2.00 bits per heavy atom. The molecule has 1 atom stereocenters. The van der Waals surface area contributed by atoms with Crippen molar-refractivity contribution in [1.29, 1.82) is 0 Å². The maximum Gasteiger partial charge on any atom is 0.416 e. The number of aliphatic carboxylic acids is 1. The van der Waals surface area contributed by atoms with Crippen molar-refractivity contribution < 1.29 is 41.0 Å². The van der Waals surface area contributed by atoms with Gasteiger partial charge in [-0.15, -0.1) is 0 Å². The van der Waals surface area contributed by atoms with Crippen LogP contribution in [0.15, 0.2) is 18.2 Å². The number of hydrogen-bond donors (Lipinski definition) is 1. The first-order valence-corrected chi connectivity index (χ1v) is 7.72. The molecule has 26 heavy (non-hydrogen) atoms. The average Bonchev–Trinajstić information content (AvgIpc) is 2.52. The zero-order valence-electron chi connectivity index (χ0n) is 13.3. The van der Waals surface area contributed by atoms with Gasteiger partial charge in [-0.2, -0.15) is 26.3 Å². The summed E-state index contributed by atoms with van der Waals surface area (Å²) in [6.07, 6.45) is -9.09. The number of piperidine rings is 1. The van der Waals surface area contributed by atoms with Gasteiger partial charge in [0.25, 0.3) is 5.91 Å². The molecule has 0 aromatic heterocycles. The second kappa shape index (κ2) is 7.16. The van der Waals surface area contributed by atoms with Crippen molar-refractivity contribution in [3.63, 3.8) is 0 Å². The van der Waals surface area contributed by atoms with Crippen molar-refractivity contribution in [1.82, 2.24) is 4.90 Å². The molecule has 1 aromatic rings. The highest BCUT2D eigenvalue weighted by Gasteiger charge is 2.38. The second-order valence-corrected chi connectivity index (χ2v) is 6.04. The van der Waals surface area contributed by atoms with E-state index >= 15 is 0 Å². The van der Waals surface area contributed by atoms with E-state index in [0.29, 0.717) is 31.4 Å². The maximum absolute atomic E-state index is 12.9. The van der Waals surface area contributed by atoms with E-state index in [9.17, 15) is 35.9 Å². The molecule has 1 heterocycles. The lowest BCUT2D eigenvalue weighted by Gasteiger charge is -2.35. The summed E-state index contributed by atoms with van der Waals surface area (Å²) in [6.45, 7) is 0.0778. The van der Waals surface area contributed by atoms with Crippen LogP contribution >= 0.6 is 0 Å². The molecule has 1 aromatic carbocycles. The largest absolute Gasteiger partial charge is 0.481 e. The number of halogens is 6. The van der Waals surface area contributed by atoms with Gasteiger partial charge < -0.3 is 10.0 Å². The SMILES string of the molecule is O=C(O)CC1CCCCN1C(=O)c1cc(C(F)(F)F)cc(C(F)(F)F)c1. The number of rotatable bonds is 3. The van der Waals surface area contributed by atoms with Crippen LogP contribution in [0.2, 0.25) is 0 Å². The summed E-state index contributed by atoms with van der Waals surface area (Å²) in [6, 6.07) is -0.0898. The molecule has 10 heteroatoms. The number of carbonyl (C=O) groups is 2. The highest BCUT2D eigenvalue weighted by molar-refractivity contribution is 5.95. The van der Waals surface area contributed by atoms with Crippen LogP contribution in [-0.2, 0) is 17.1 Å². The molecule has 0 saturated carbocycles. The fraction of sp³-hybridized carbons (Fsp3) is 0.500. The number of hydrogen-bond acceptors (Lipinski definition) is 2. The smallest absolute Gasteiger partial charge is 0.416 e. The topological polar surface area (TPSA) is 57.6 Å². The van der Waals surface area contributed by atoms with Crippen molar-refractivity contribution in [2.75, 3.05) is 6.54 Å². The van der Waals surface area contributed by atoms with E-state index in [1.165, 1.54) is 0 Å². The summed E-state index contributed by atoms with van der Waals surface area (Å²) in [7, 11) is 0. The van der Waals surface area contributed by atoms with Crippen molar-refractivity contribution >= 4 is 11.9 Å². The highest BCUT2D eigenvalue weighted by atomic mass is 19.4. The van der Waals surface area contributed by atoms with Gasteiger partial charge in [0, 0.05) is 18.2 Å². The number of carboxylic acid groups (broad SMARTS) is 1. The minimum Gasteiger partial charge on any atom is -0.481 e. The van der Waals surface area contributed by atoms with Crippen LogP contribution in [0.4, 0.5) is 26.3 Å². The van der Waals surface area contributed by atoms with E-state index in [2.05, 4.69) is 0 Å². The maximum atomic E-state index is 12.9. The van der Waals surface area contributed by atoms with Crippen molar-refractivity contribution in [3.05, 3.63) is 34.9 Å². The molecule has 1 N–H and O–H groups in total. The number of alkyl halides is 6. The van der Waals surface area contributed by atoms with E-state index in [4.69, 9.17) is 5.11 Å². The summed E-state index contributed by atoms with van der Waals surface area (Å²) >= 11 is 0. The first-order valence-electron chi connectivity index (χ1n) is 7.72. The Morgan fingerprint density at radius 1 is 1.00 bits per heavy atom. The van der Waals surface area contributed by atoms with Crippen LogP contribution in [0.25, 0.3) is 0 Å². The van der Waals surface area contributed by atoms with Crippen LogP contribution in [0, 0.1) is 0 Å². The minimum absolute atomic E-state index is 0.0539. The third-order valence-electron chi connectivity index (χ3n) is 4.13. The lowest BCUT2D eigenvalue weighted by Crippen LogP contribution is -2.44. The zero-order valence-corrected chi connectivity index (χ0v) is 13.3. The molecular formula is C16H15F6NO3. The van der Waals surface area contributed by atoms with Crippen LogP contribution in [0.3, 0.4) is 0 Å². The molecule has 1 amide bonds. The number of nitrogens with zero attached hydrogens (tertiary/aromatic N) is 1. The van der Waals surface area contributed by atoms with E-state index in [-0.39, 0.29) is 12.6 Å². The van der Waals surface area contributed by atoms with Crippen LogP contribution in [0.5, 0.6) is 0 Å². The van der Waals surface area contributed by atoms with E-state index < -0.39 is 53.4 Å². The molecular weight excluding hydrogens is 368 g/mol. The predicted octanol–water partition coefficient (Wildman–Crippen LogP) is 4.19. The molecule has 0 bridgehead atoms. The molecule has 4 nitrogen and oxygen atoms in total. The molecule has 0 spiro atoms. The molecule has 1 aliphatic rings. The van der Waals surface area contributed by atoms with Crippen LogP contribution in [-0.4, -0.2) is 34.5 Å². The third-order valence-corrected chi connectivity index (χ3v) is 4.13.